The minimum atomic E-state index is 1.08. The van der Waals surface area contributed by atoms with E-state index in [2.05, 4.69) is 17.2 Å². The van der Waals surface area contributed by atoms with Gasteiger partial charge >= 0.3 is 0 Å². The normalized spacial score (nSPS) is 10.3. The molecule has 0 aromatic carbocycles. The second kappa shape index (κ2) is 5.27. The van der Waals surface area contributed by atoms with E-state index in [4.69, 9.17) is 0 Å². The van der Waals surface area contributed by atoms with E-state index >= 15 is 0 Å². The Bertz CT molecular complexity index is 172. The third-order valence-corrected chi connectivity index (χ3v) is 2.30. The molecule has 0 unspecified atom stereocenters. The van der Waals surface area contributed by atoms with Crippen molar-refractivity contribution < 1.29 is 0 Å². The number of aromatic nitrogens is 1. The predicted octanol–water partition coefficient (Wildman–Crippen LogP) is 1.69. The maximum Gasteiger partial charge on any atom is 0.0794 e. The topological polar surface area (TPSA) is 24.9 Å². The number of thiazole rings is 1. The standard InChI is InChI=1S/C8H14N2S/c1-2-4-9-5-3-8-6-10-7-11-8/h6-7,9H,2-5H2,1H3. The summed E-state index contributed by atoms with van der Waals surface area (Å²) in [7, 11) is 0. The lowest BCUT2D eigenvalue weighted by Gasteiger charge is -1.99. The molecule has 0 amide bonds. The van der Waals surface area contributed by atoms with Crippen molar-refractivity contribution >= 4 is 11.3 Å². The molecule has 0 bridgehead atoms. The maximum absolute atomic E-state index is 4.01. The monoisotopic (exact) mass is 170 g/mol. The Hall–Kier alpha value is -0.410. The second-order valence-corrected chi connectivity index (χ2v) is 3.44. The molecule has 1 aromatic heterocycles. The summed E-state index contributed by atoms with van der Waals surface area (Å²) in [5, 5.41) is 3.35. The average Bonchev–Trinajstić information content (AvgIpc) is 2.50. The molecular formula is C8H14N2S. The first-order chi connectivity index (χ1) is 5.43. The van der Waals surface area contributed by atoms with Crippen molar-refractivity contribution in [2.24, 2.45) is 0 Å². The molecule has 0 aliphatic carbocycles. The fourth-order valence-electron chi connectivity index (χ4n) is 0.879. The van der Waals surface area contributed by atoms with Crippen LogP contribution in [0.25, 0.3) is 0 Å². The SMILES string of the molecule is CCCNCCc1cncs1. The van der Waals surface area contributed by atoms with Gasteiger partial charge in [0.15, 0.2) is 0 Å². The van der Waals surface area contributed by atoms with E-state index in [0.717, 1.165) is 19.5 Å². The van der Waals surface area contributed by atoms with Crippen molar-refractivity contribution in [3.63, 3.8) is 0 Å². The molecule has 1 N–H and O–H groups in total. The van der Waals surface area contributed by atoms with Crippen molar-refractivity contribution in [3.8, 4) is 0 Å². The van der Waals surface area contributed by atoms with Crippen molar-refractivity contribution in [2.45, 2.75) is 19.8 Å². The van der Waals surface area contributed by atoms with Gasteiger partial charge in [-0.1, -0.05) is 6.92 Å². The van der Waals surface area contributed by atoms with Gasteiger partial charge < -0.3 is 5.32 Å². The Morgan fingerprint density at radius 2 is 2.45 bits per heavy atom. The van der Waals surface area contributed by atoms with Gasteiger partial charge in [-0.25, -0.2) is 0 Å². The van der Waals surface area contributed by atoms with Gasteiger partial charge in [-0.2, -0.15) is 0 Å². The Morgan fingerprint density at radius 3 is 3.09 bits per heavy atom. The van der Waals surface area contributed by atoms with Crippen LogP contribution in [0.3, 0.4) is 0 Å². The molecule has 1 heterocycles. The highest BCUT2D eigenvalue weighted by molar-refractivity contribution is 7.09. The fraction of sp³-hybridized carbons (Fsp3) is 0.625. The quantitative estimate of drug-likeness (QED) is 0.680. The summed E-state index contributed by atoms with van der Waals surface area (Å²) in [5.41, 5.74) is 1.88. The van der Waals surface area contributed by atoms with Crippen LogP contribution >= 0.6 is 11.3 Å². The van der Waals surface area contributed by atoms with Crippen LogP contribution in [0.1, 0.15) is 18.2 Å². The van der Waals surface area contributed by atoms with Crippen LogP contribution in [-0.2, 0) is 6.42 Å². The highest BCUT2D eigenvalue weighted by Crippen LogP contribution is 2.04. The van der Waals surface area contributed by atoms with Crippen LogP contribution in [0.15, 0.2) is 11.7 Å². The first-order valence-electron chi connectivity index (χ1n) is 4.01. The van der Waals surface area contributed by atoms with Gasteiger partial charge in [0.25, 0.3) is 0 Å². The van der Waals surface area contributed by atoms with Crippen molar-refractivity contribution in [3.05, 3.63) is 16.6 Å². The summed E-state index contributed by atoms with van der Waals surface area (Å²) < 4.78 is 0. The zero-order valence-corrected chi connectivity index (χ0v) is 7.66. The number of hydrogen-bond donors (Lipinski definition) is 1. The van der Waals surface area contributed by atoms with Gasteiger partial charge in [-0.05, 0) is 19.4 Å². The largest absolute Gasteiger partial charge is 0.316 e. The van der Waals surface area contributed by atoms with Crippen molar-refractivity contribution in [2.75, 3.05) is 13.1 Å². The molecule has 3 heteroatoms. The molecule has 0 saturated carbocycles. The molecule has 0 radical (unpaired) electrons. The van der Waals surface area contributed by atoms with Gasteiger partial charge in [0.2, 0.25) is 0 Å². The summed E-state index contributed by atoms with van der Waals surface area (Å²) in [6.07, 6.45) is 4.27. The van der Waals surface area contributed by atoms with E-state index in [1.54, 1.807) is 11.3 Å². The summed E-state index contributed by atoms with van der Waals surface area (Å²) in [6.45, 7) is 4.38. The predicted molar refractivity (Wildman–Crippen MR) is 49.0 cm³/mol. The molecule has 11 heavy (non-hydrogen) atoms. The molecule has 0 aliphatic rings. The first-order valence-corrected chi connectivity index (χ1v) is 4.89. The Morgan fingerprint density at radius 1 is 1.55 bits per heavy atom. The van der Waals surface area contributed by atoms with Gasteiger partial charge in [0, 0.05) is 17.6 Å². The van der Waals surface area contributed by atoms with Gasteiger partial charge in [-0.15, -0.1) is 11.3 Å². The van der Waals surface area contributed by atoms with Crippen molar-refractivity contribution in [1.29, 1.82) is 0 Å². The van der Waals surface area contributed by atoms with E-state index in [1.807, 2.05) is 11.7 Å². The molecule has 1 rings (SSSR count). The number of nitrogens with one attached hydrogen (secondary N) is 1. The number of rotatable bonds is 5. The van der Waals surface area contributed by atoms with E-state index < -0.39 is 0 Å². The van der Waals surface area contributed by atoms with Gasteiger partial charge in [-0.3, -0.25) is 4.98 Å². The zero-order valence-electron chi connectivity index (χ0n) is 6.84. The Kier molecular flexibility index (Phi) is 4.16. The van der Waals surface area contributed by atoms with Crippen molar-refractivity contribution in [1.82, 2.24) is 10.3 Å². The lowest BCUT2D eigenvalue weighted by Crippen LogP contribution is -2.17. The molecule has 0 spiro atoms. The van der Waals surface area contributed by atoms with E-state index in [-0.39, 0.29) is 0 Å². The Labute approximate surface area is 71.7 Å². The zero-order chi connectivity index (χ0) is 7.94. The molecular weight excluding hydrogens is 156 g/mol. The summed E-state index contributed by atoms with van der Waals surface area (Å²) in [4.78, 5) is 5.38. The molecule has 0 saturated heterocycles. The highest BCUT2D eigenvalue weighted by Gasteiger charge is 1.92. The minimum Gasteiger partial charge on any atom is -0.316 e. The molecule has 0 atom stereocenters. The number of hydrogen-bond acceptors (Lipinski definition) is 3. The number of nitrogens with zero attached hydrogens (tertiary/aromatic N) is 1. The first kappa shape index (κ1) is 8.68. The second-order valence-electron chi connectivity index (χ2n) is 2.47. The van der Waals surface area contributed by atoms with Crippen LogP contribution in [0, 0.1) is 0 Å². The summed E-state index contributed by atoms with van der Waals surface area (Å²) in [5.74, 6) is 0. The van der Waals surface area contributed by atoms with Gasteiger partial charge in [0.05, 0.1) is 5.51 Å². The third-order valence-electron chi connectivity index (χ3n) is 1.46. The van der Waals surface area contributed by atoms with E-state index in [9.17, 15) is 0 Å². The fourth-order valence-corrected chi connectivity index (χ4v) is 1.48. The molecule has 62 valence electrons. The molecule has 1 aromatic rings. The lowest BCUT2D eigenvalue weighted by molar-refractivity contribution is 0.674. The summed E-state index contributed by atoms with van der Waals surface area (Å²) >= 11 is 1.73. The maximum atomic E-state index is 4.01. The highest BCUT2D eigenvalue weighted by atomic mass is 32.1. The van der Waals surface area contributed by atoms with Crippen LogP contribution in [0.5, 0.6) is 0 Å². The molecule has 0 aliphatic heterocycles. The van der Waals surface area contributed by atoms with Gasteiger partial charge in [0.1, 0.15) is 0 Å². The molecule has 0 fully saturated rings. The smallest absolute Gasteiger partial charge is 0.0794 e. The molecule has 2 nitrogen and oxygen atoms in total. The lowest BCUT2D eigenvalue weighted by atomic mass is 10.3. The van der Waals surface area contributed by atoms with E-state index in [0.29, 0.717) is 0 Å². The minimum absolute atomic E-state index is 1.08. The van der Waals surface area contributed by atoms with E-state index in [1.165, 1.54) is 11.3 Å². The summed E-state index contributed by atoms with van der Waals surface area (Å²) in [6, 6.07) is 0. The third kappa shape index (κ3) is 3.49. The van der Waals surface area contributed by atoms with Crippen LogP contribution in [0.4, 0.5) is 0 Å². The Balaban J connectivity index is 2.04. The van der Waals surface area contributed by atoms with Crippen LogP contribution in [-0.4, -0.2) is 18.1 Å². The van der Waals surface area contributed by atoms with Crippen LogP contribution < -0.4 is 5.32 Å². The van der Waals surface area contributed by atoms with Crippen LogP contribution in [0.2, 0.25) is 0 Å². The average molecular weight is 170 g/mol.